The Morgan fingerprint density at radius 3 is 2.52 bits per heavy atom. The number of anilines is 1. The second-order valence-electron chi connectivity index (χ2n) is 8.10. The van der Waals surface area contributed by atoms with E-state index in [0.29, 0.717) is 18.3 Å². The van der Waals surface area contributed by atoms with Crippen LogP contribution in [0.5, 0.6) is 0 Å². The van der Waals surface area contributed by atoms with Crippen LogP contribution in [0.15, 0.2) is 52.9 Å². The van der Waals surface area contributed by atoms with Gasteiger partial charge in [0.15, 0.2) is 0 Å². The topological polar surface area (TPSA) is 74.5 Å². The second kappa shape index (κ2) is 9.41. The maximum absolute atomic E-state index is 12.5. The average Bonchev–Trinajstić information content (AvgIpc) is 3.28. The zero-order valence-corrected chi connectivity index (χ0v) is 18.3. The van der Waals surface area contributed by atoms with Gasteiger partial charge in [0.1, 0.15) is 0 Å². The molecule has 1 aliphatic rings. The molecule has 3 aromatic rings. The number of hydrogen-bond donors (Lipinski definition) is 1. The number of aryl methyl sites for hydroxylation is 1. The number of nitrogens with zero attached hydrogens (tertiary/aromatic N) is 4. The van der Waals surface area contributed by atoms with E-state index < -0.39 is 0 Å². The molecule has 1 fully saturated rings. The zero-order chi connectivity index (χ0) is 21.8. The molecule has 1 aromatic heterocycles. The molecule has 1 saturated heterocycles. The van der Waals surface area contributed by atoms with Gasteiger partial charge in [0.25, 0.3) is 0 Å². The first kappa shape index (κ1) is 21.2. The first-order valence-corrected chi connectivity index (χ1v) is 10.7. The fourth-order valence-corrected chi connectivity index (χ4v) is 3.85. The van der Waals surface area contributed by atoms with Crippen LogP contribution in [0.1, 0.15) is 30.0 Å². The molecule has 162 valence electrons. The van der Waals surface area contributed by atoms with E-state index in [1.807, 2.05) is 49.4 Å². The molecule has 1 unspecified atom stereocenters. The van der Waals surface area contributed by atoms with Gasteiger partial charge in [-0.2, -0.15) is 0 Å². The smallest absolute Gasteiger partial charge is 0.247 e. The molecular formula is C24H29N5O2. The van der Waals surface area contributed by atoms with E-state index in [0.717, 1.165) is 43.0 Å². The molecule has 0 bridgehead atoms. The summed E-state index contributed by atoms with van der Waals surface area (Å²) in [6.45, 7) is 9.92. The number of amides is 1. The predicted molar refractivity (Wildman–Crippen MR) is 121 cm³/mol. The van der Waals surface area contributed by atoms with Crippen LogP contribution >= 0.6 is 0 Å². The Bertz CT molecular complexity index is 1030. The van der Waals surface area contributed by atoms with E-state index >= 15 is 0 Å². The van der Waals surface area contributed by atoms with Crippen molar-refractivity contribution in [3.05, 3.63) is 65.5 Å². The van der Waals surface area contributed by atoms with Crippen LogP contribution < -0.4 is 5.32 Å². The fraction of sp³-hybridized carbons (Fsp3) is 0.375. The molecule has 1 N–H and O–H groups in total. The van der Waals surface area contributed by atoms with Gasteiger partial charge in [-0.3, -0.25) is 14.6 Å². The van der Waals surface area contributed by atoms with Crippen LogP contribution in [-0.4, -0.2) is 58.6 Å². The molecule has 1 amide bonds. The van der Waals surface area contributed by atoms with Crippen molar-refractivity contribution >= 4 is 11.6 Å². The van der Waals surface area contributed by atoms with Crippen molar-refractivity contribution in [3.8, 4) is 11.5 Å². The zero-order valence-electron chi connectivity index (χ0n) is 18.3. The maximum Gasteiger partial charge on any atom is 0.247 e. The van der Waals surface area contributed by atoms with E-state index in [1.54, 1.807) is 0 Å². The Hall–Kier alpha value is -3.03. The first-order valence-electron chi connectivity index (χ1n) is 10.7. The van der Waals surface area contributed by atoms with Gasteiger partial charge < -0.3 is 9.73 Å². The molecule has 1 aliphatic heterocycles. The molecule has 4 rings (SSSR count). The molecule has 1 atom stereocenters. The Kier molecular flexibility index (Phi) is 6.44. The molecule has 0 spiro atoms. The highest BCUT2D eigenvalue weighted by Gasteiger charge is 2.26. The highest BCUT2D eigenvalue weighted by molar-refractivity contribution is 5.93. The standard InChI is InChI=1S/C24H29N5O2/c1-17-8-7-11-21(18(17)2)25-22(30)16-28-12-14-29(15-13-28)19(3)23-26-27-24(31-23)20-9-5-4-6-10-20/h4-11,19H,12-16H2,1-3H3,(H,25,30). The van der Waals surface area contributed by atoms with Gasteiger partial charge in [-0.1, -0.05) is 30.3 Å². The van der Waals surface area contributed by atoms with Crippen molar-refractivity contribution in [3.63, 3.8) is 0 Å². The molecule has 7 nitrogen and oxygen atoms in total. The molecule has 0 saturated carbocycles. The lowest BCUT2D eigenvalue weighted by Crippen LogP contribution is -2.49. The predicted octanol–water partition coefficient (Wildman–Crippen LogP) is 3.67. The third-order valence-corrected chi connectivity index (χ3v) is 6.02. The quantitative estimate of drug-likeness (QED) is 0.657. The number of carbonyl (C=O) groups is 1. The highest BCUT2D eigenvalue weighted by atomic mass is 16.4. The summed E-state index contributed by atoms with van der Waals surface area (Å²) in [5.41, 5.74) is 4.11. The van der Waals surface area contributed by atoms with E-state index in [4.69, 9.17) is 4.42 Å². The third-order valence-electron chi connectivity index (χ3n) is 6.02. The Morgan fingerprint density at radius 1 is 1.03 bits per heavy atom. The minimum absolute atomic E-state index is 0.0274. The first-order chi connectivity index (χ1) is 15.0. The van der Waals surface area contributed by atoms with Crippen molar-refractivity contribution < 1.29 is 9.21 Å². The average molecular weight is 420 g/mol. The second-order valence-corrected chi connectivity index (χ2v) is 8.10. The van der Waals surface area contributed by atoms with Gasteiger partial charge in [0.2, 0.25) is 17.7 Å². The van der Waals surface area contributed by atoms with E-state index in [1.165, 1.54) is 5.56 Å². The molecule has 0 radical (unpaired) electrons. The lowest BCUT2D eigenvalue weighted by atomic mass is 10.1. The van der Waals surface area contributed by atoms with E-state index in [2.05, 4.69) is 45.2 Å². The number of nitrogens with one attached hydrogen (secondary N) is 1. The minimum atomic E-state index is 0.0274. The van der Waals surface area contributed by atoms with Crippen LogP contribution in [0.4, 0.5) is 5.69 Å². The number of rotatable bonds is 6. The number of piperazine rings is 1. The summed E-state index contributed by atoms with van der Waals surface area (Å²) in [5, 5.41) is 11.5. The monoisotopic (exact) mass is 419 g/mol. The Balaban J connectivity index is 1.29. The summed E-state index contributed by atoms with van der Waals surface area (Å²) in [7, 11) is 0. The number of hydrogen-bond acceptors (Lipinski definition) is 6. The van der Waals surface area contributed by atoms with Crippen molar-refractivity contribution in [1.29, 1.82) is 0 Å². The summed E-state index contributed by atoms with van der Waals surface area (Å²) in [6.07, 6.45) is 0. The summed E-state index contributed by atoms with van der Waals surface area (Å²) in [6, 6.07) is 15.8. The largest absolute Gasteiger partial charge is 0.419 e. The summed E-state index contributed by atoms with van der Waals surface area (Å²) >= 11 is 0. The van der Waals surface area contributed by atoms with Gasteiger partial charge in [-0.15, -0.1) is 10.2 Å². The number of carbonyl (C=O) groups excluding carboxylic acids is 1. The SMILES string of the molecule is Cc1cccc(NC(=O)CN2CCN(C(C)c3nnc(-c4ccccc4)o3)CC2)c1C. The van der Waals surface area contributed by atoms with Gasteiger partial charge >= 0.3 is 0 Å². The lowest BCUT2D eigenvalue weighted by Gasteiger charge is -2.36. The maximum atomic E-state index is 12.5. The molecule has 31 heavy (non-hydrogen) atoms. The van der Waals surface area contributed by atoms with Crippen LogP contribution in [0.2, 0.25) is 0 Å². The summed E-state index contributed by atoms with van der Waals surface area (Å²) in [4.78, 5) is 17.0. The van der Waals surface area contributed by atoms with Crippen LogP contribution in [0, 0.1) is 13.8 Å². The van der Waals surface area contributed by atoms with Gasteiger partial charge in [-0.25, -0.2) is 0 Å². The molecular weight excluding hydrogens is 390 g/mol. The molecule has 0 aliphatic carbocycles. The minimum Gasteiger partial charge on any atom is -0.419 e. The molecule has 2 heterocycles. The van der Waals surface area contributed by atoms with Crippen molar-refractivity contribution in [2.45, 2.75) is 26.8 Å². The normalized spacial score (nSPS) is 16.2. The van der Waals surface area contributed by atoms with Crippen molar-refractivity contribution in [2.75, 3.05) is 38.0 Å². The highest BCUT2D eigenvalue weighted by Crippen LogP contribution is 2.24. The Morgan fingerprint density at radius 2 is 1.77 bits per heavy atom. The van der Waals surface area contributed by atoms with Gasteiger partial charge in [-0.05, 0) is 50.1 Å². The van der Waals surface area contributed by atoms with Gasteiger partial charge in [0.05, 0.1) is 12.6 Å². The Labute approximate surface area is 183 Å². The number of aromatic nitrogens is 2. The van der Waals surface area contributed by atoms with Gasteiger partial charge in [0, 0.05) is 37.4 Å². The van der Waals surface area contributed by atoms with Crippen molar-refractivity contribution in [2.24, 2.45) is 0 Å². The van der Waals surface area contributed by atoms with Crippen LogP contribution in [0.25, 0.3) is 11.5 Å². The number of benzene rings is 2. The van der Waals surface area contributed by atoms with E-state index in [-0.39, 0.29) is 11.9 Å². The molecule has 7 heteroatoms. The molecule has 2 aromatic carbocycles. The summed E-state index contributed by atoms with van der Waals surface area (Å²) < 4.78 is 5.92. The van der Waals surface area contributed by atoms with Crippen LogP contribution in [-0.2, 0) is 4.79 Å². The van der Waals surface area contributed by atoms with E-state index in [9.17, 15) is 4.79 Å². The lowest BCUT2D eigenvalue weighted by molar-refractivity contribution is -0.117. The fourth-order valence-electron chi connectivity index (χ4n) is 3.85. The van der Waals surface area contributed by atoms with Crippen LogP contribution in [0.3, 0.4) is 0 Å². The van der Waals surface area contributed by atoms with Crippen molar-refractivity contribution in [1.82, 2.24) is 20.0 Å². The summed E-state index contributed by atoms with van der Waals surface area (Å²) in [5.74, 6) is 1.20. The third kappa shape index (κ3) is 5.00.